The highest BCUT2D eigenvalue weighted by Gasteiger charge is 2.65. The summed E-state index contributed by atoms with van der Waals surface area (Å²) in [6.07, 6.45) is 4.39. The number of ether oxygens (including phenoxy) is 1. The van der Waals surface area contributed by atoms with Crippen LogP contribution in [0.2, 0.25) is 0 Å². The lowest BCUT2D eigenvalue weighted by atomic mass is 10.00. The van der Waals surface area contributed by atoms with Crippen LogP contribution in [0.5, 0.6) is 0 Å². The lowest BCUT2D eigenvalue weighted by Crippen LogP contribution is -2.18. The number of carbonyl (C=O) groups excluding carboxylic acids is 1. The molecule has 29 heavy (non-hydrogen) atoms. The fraction of sp³-hybridized carbons (Fsp3) is 0.211. The van der Waals surface area contributed by atoms with Crippen LogP contribution in [0.15, 0.2) is 64.9 Å². The van der Waals surface area contributed by atoms with E-state index in [0.717, 1.165) is 6.07 Å². The summed E-state index contributed by atoms with van der Waals surface area (Å²) in [6.45, 7) is 7.11. The summed E-state index contributed by atoms with van der Waals surface area (Å²) < 4.78 is 71.2. The molecule has 0 bridgehead atoms. The second-order valence-electron chi connectivity index (χ2n) is 6.41. The minimum Gasteiger partial charge on any atom is -0.496 e. The predicted octanol–water partition coefficient (Wildman–Crippen LogP) is 7.82. The molecule has 2 rings (SSSR count). The van der Waals surface area contributed by atoms with Gasteiger partial charge in [-0.2, -0.15) is 0 Å². The molecule has 0 saturated heterocycles. The van der Waals surface area contributed by atoms with Crippen LogP contribution in [0.3, 0.4) is 0 Å². The van der Waals surface area contributed by atoms with Crippen molar-refractivity contribution < 1.29 is 29.0 Å². The minimum atomic E-state index is -9.88. The normalized spacial score (nSPS) is 16.9. The van der Waals surface area contributed by atoms with Crippen molar-refractivity contribution in [2.24, 2.45) is 0 Å². The summed E-state index contributed by atoms with van der Waals surface area (Å²) in [6, 6.07) is 1.48. The van der Waals surface area contributed by atoms with Crippen LogP contribution in [0.4, 0.5) is 19.4 Å². The molecular weight excluding hydrogens is 481 g/mol. The molecule has 0 aliphatic carbocycles. The van der Waals surface area contributed by atoms with Crippen molar-refractivity contribution in [3.05, 3.63) is 65.6 Å². The summed E-state index contributed by atoms with van der Waals surface area (Å²) >= 11 is 3.24. The quantitative estimate of drug-likeness (QED) is 0.138. The van der Waals surface area contributed by atoms with Gasteiger partial charge in [-0.15, -0.1) is 0 Å². The lowest BCUT2D eigenvalue weighted by molar-refractivity contribution is 0.0999. The number of ketones is 1. The van der Waals surface area contributed by atoms with Crippen LogP contribution >= 0.6 is 26.2 Å². The lowest BCUT2D eigenvalue weighted by Gasteiger charge is -2.40. The Kier molecular flexibility index (Phi) is 5.61. The molecule has 3 nitrogen and oxygen atoms in total. The van der Waals surface area contributed by atoms with E-state index in [1.165, 1.54) is 13.3 Å². The zero-order valence-corrected chi connectivity index (χ0v) is 18.1. The van der Waals surface area contributed by atoms with Crippen LogP contribution in [0.1, 0.15) is 24.2 Å². The number of fused-ring (bicyclic) bond motifs is 1. The van der Waals surface area contributed by atoms with Gasteiger partial charge in [0.2, 0.25) is 0 Å². The first-order valence-electron chi connectivity index (χ1n) is 8.20. The number of carbonyl (C=O) groups is 1. The van der Waals surface area contributed by atoms with Crippen molar-refractivity contribution in [2.75, 3.05) is 7.11 Å². The number of allylic oxidation sites excluding steroid dienone is 4. The van der Waals surface area contributed by atoms with Crippen molar-refractivity contribution in [1.82, 2.24) is 4.98 Å². The second kappa shape index (κ2) is 7.02. The fourth-order valence-corrected chi connectivity index (χ4v) is 4.12. The Balaban J connectivity index is 2.57. The molecular formula is C19H19BrF5NO2S. The Morgan fingerprint density at radius 2 is 1.90 bits per heavy atom. The van der Waals surface area contributed by atoms with Gasteiger partial charge in [0.1, 0.15) is 15.5 Å². The highest BCUT2D eigenvalue weighted by atomic mass is 79.9. The third-order valence-corrected chi connectivity index (χ3v) is 6.11. The van der Waals surface area contributed by atoms with Crippen molar-refractivity contribution in [2.45, 2.75) is 23.6 Å². The zero-order chi connectivity index (χ0) is 22.3. The topological polar surface area (TPSA) is 42.1 Å². The summed E-state index contributed by atoms with van der Waals surface area (Å²) in [7, 11) is -8.49. The molecule has 2 aromatic rings. The van der Waals surface area contributed by atoms with E-state index in [9.17, 15) is 24.2 Å². The maximum Gasteiger partial charge on any atom is 0.310 e. The molecule has 0 amide bonds. The molecule has 0 spiro atoms. The van der Waals surface area contributed by atoms with E-state index in [1.54, 1.807) is 26.0 Å². The smallest absolute Gasteiger partial charge is 0.310 e. The average Bonchev–Trinajstić information content (AvgIpc) is 3.01. The SMILES string of the molecule is C=C(C)/C=C(OC)\C(=C/C)C(Br)C(=O)c1c[nH]c2ccc(S(F)(F)(F)(F)F)cc12. The van der Waals surface area contributed by atoms with Gasteiger partial charge in [-0.1, -0.05) is 53.6 Å². The number of aromatic amines is 1. The Bertz CT molecular complexity index is 1050. The van der Waals surface area contributed by atoms with E-state index in [4.69, 9.17) is 4.74 Å². The molecule has 160 valence electrons. The fourth-order valence-electron chi connectivity index (χ4n) is 2.72. The number of methoxy groups -OCH3 is 1. The first-order valence-corrected chi connectivity index (χ1v) is 11.1. The van der Waals surface area contributed by atoms with Crippen molar-refractivity contribution in [1.29, 1.82) is 0 Å². The van der Waals surface area contributed by atoms with Crippen LogP contribution in [-0.2, 0) is 4.74 Å². The van der Waals surface area contributed by atoms with E-state index in [-0.39, 0.29) is 16.5 Å². The Morgan fingerprint density at radius 3 is 2.38 bits per heavy atom. The number of Topliss-reactive ketones (excluding diaryl/α,β-unsaturated/α-hetero) is 1. The standard InChI is InChI=1S/C19H19BrF5NO2S/c1-5-13(17(28-4)8-11(2)3)18(20)19(27)15-10-26-16-7-6-12(9-14(15)16)29(21,22,23,24)25/h5-10,18,26H,2H2,1,3-4H3/b13-5+,17-8+. The summed E-state index contributed by atoms with van der Waals surface area (Å²) in [5, 5.41) is -0.247. The number of aromatic nitrogens is 1. The number of nitrogens with one attached hydrogen (secondary N) is 1. The van der Waals surface area contributed by atoms with Crippen LogP contribution in [0, 0.1) is 0 Å². The summed E-state index contributed by atoms with van der Waals surface area (Å²) in [4.78, 5) is 12.6. The van der Waals surface area contributed by atoms with Gasteiger partial charge in [-0.05, 0) is 38.1 Å². The highest BCUT2D eigenvalue weighted by molar-refractivity contribution is 9.10. The van der Waals surface area contributed by atoms with Crippen LogP contribution < -0.4 is 0 Å². The Hall–Kier alpha value is -2.07. The number of H-pyrrole nitrogens is 1. The van der Waals surface area contributed by atoms with Gasteiger partial charge in [0.25, 0.3) is 0 Å². The Morgan fingerprint density at radius 1 is 1.28 bits per heavy atom. The van der Waals surface area contributed by atoms with Gasteiger partial charge < -0.3 is 9.72 Å². The van der Waals surface area contributed by atoms with E-state index in [0.29, 0.717) is 29.0 Å². The largest absolute Gasteiger partial charge is 0.496 e. The molecule has 0 saturated carbocycles. The molecule has 0 fully saturated rings. The molecule has 0 aliphatic rings. The highest BCUT2D eigenvalue weighted by Crippen LogP contribution is 3.02. The molecule has 1 atom stereocenters. The molecule has 1 unspecified atom stereocenters. The van der Waals surface area contributed by atoms with Crippen LogP contribution in [0.25, 0.3) is 10.9 Å². The number of hydrogen-bond donors (Lipinski definition) is 1. The van der Waals surface area contributed by atoms with Gasteiger partial charge in [-0.3, -0.25) is 4.79 Å². The zero-order valence-electron chi connectivity index (χ0n) is 15.7. The molecule has 0 aliphatic heterocycles. The molecule has 0 radical (unpaired) electrons. The average molecular weight is 500 g/mol. The minimum absolute atomic E-state index is 0.130. The van der Waals surface area contributed by atoms with Gasteiger partial charge in [0, 0.05) is 28.2 Å². The third kappa shape index (κ3) is 5.11. The van der Waals surface area contributed by atoms with Crippen molar-refractivity contribution in [3.8, 4) is 0 Å². The first-order chi connectivity index (χ1) is 13.1. The monoisotopic (exact) mass is 499 g/mol. The maximum atomic E-state index is 13.2. The van der Waals surface area contributed by atoms with E-state index in [2.05, 4.69) is 27.5 Å². The van der Waals surface area contributed by atoms with Gasteiger partial charge in [0.15, 0.2) is 5.78 Å². The van der Waals surface area contributed by atoms with Crippen molar-refractivity contribution >= 4 is 42.8 Å². The van der Waals surface area contributed by atoms with Crippen molar-refractivity contribution in [3.63, 3.8) is 0 Å². The molecule has 1 N–H and O–H groups in total. The van der Waals surface area contributed by atoms with Crippen LogP contribution in [-0.4, -0.2) is 22.7 Å². The van der Waals surface area contributed by atoms with E-state index >= 15 is 0 Å². The number of halogens is 6. The van der Waals surface area contributed by atoms with E-state index < -0.39 is 25.7 Å². The van der Waals surface area contributed by atoms with E-state index in [1.807, 2.05) is 0 Å². The molecule has 10 heteroatoms. The number of rotatable bonds is 7. The summed E-state index contributed by atoms with van der Waals surface area (Å²) in [5.41, 5.74) is 1.04. The maximum absolute atomic E-state index is 13.2. The van der Waals surface area contributed by atoms with Gasteiger partial charge in [-0.25, -0.2) is 0 Å². The third-order valence-electron chi connectivity index (χ3n) is 4.06. The second-order valence-corrected chi connectivity index (χ2v) is 9.73. The first kappa shape index (κ1) is 23.2. The molecule has 1 aromatic carbocycles. The Labute approximate surface area is 173 Å². The molecule has 1 heterocycles. The van der Waals surface area contributed by atoms with Gasteiger partial charge in [0.05, 0.1) is 7.11 Å². The van der Waals surface area contributed by atoms with Gasteiger partial charge >= 0.3 is 10.2 Å². The predicted molar refractivity (Wildman–Crippen MR) is 110 cm³/mol. The summed E-state index contributed by atoms with van der Waals surface area (Å²) in [5.74, 6) is -0.281. The number of benzene rings is 1. The number of hydrogen-bond acceptors (Lipinski definition) is 2. The number of alkyl halides is 1. The molecule has 1 aromatic heterocycles.